The molecule has 0 saturated heterocycles. The van der Waals surface area contributed by atoms with Crippen LogP contribution in [0.25, 0.3) is 72.1 Å². The second kappa shape index (κ2) is 44.9. The molecule has 16 rings (SSSR count). The second-order valence-electron chi connectivity index (χ2n) is 32.9. The Hall–Kier alpha value is -13.4. The quantitative estimate of drug-likeness (QED) is 0.0348. The molecule has 0 bridgehead atoms. The van der Waals surface area contributed by atoms with Gasteiger partial charge in [-0.2, -0.15) is 30.4 Å². The SMILES string of the molecule is C.C.CC(C)Cn1ncc2cc(Oc3ccc(F)cc3F)c(C(=O)NCCN(C)C)cc21.CCC(CO)Nc1nc(-c2ccc(F)cc2C)c2ccc(=O)n(-c3c(F)cccc3F)c2n1.Cc1ccc(-n2nc(C(C)(C)C)cc2CC(=O)CCc2cc(F)ccc2Oc2ccc3c(cnn3CCO)c2)cc1.Cc1ccc(Sc2ccc3c(-c4c(Cl)cccc4Cl)c(=O)ncn3n2)c(F)c1. The summed E-state index contributed by atoms with van der Waals surface area (Å²) in [4.78, 5) is 66.6. The molecule has 0 fully saturated rings. The number of aryl methyl sites for hydroxylation is 4. The number of hydrogen-bond acceptors (Lipinski definition) is 18. The van der Waals surface area contributed by atoms with Crippen molar-refractivity contribution in [2.24, 2.45) is 5.92 Å². The molecular weight excluding hydrogens is 1790 g/mol. The summed E-state index contributed by atoms with van der Waals surface area (Å²) in [6.07, 6.45) is 6.06. The van der Waals surface area contributed by atoms with Crippen molar-refractivity contribution in [3.05, 3.63) is 324 Å². The average Bonchev–Trinajstić information content (AvgIpc) is 1.10. The van der Waals surface area contributed by atoms with Gasteiger partial charge in [-0.05, 0) is 222 Å². The van der Waals surface area contributed by atoms with E-state index in [1.54, 1.807) is 84.7 Å². The highest BCUT2D eigenvalue weighted by molar-refractivity contribution is 7.99. The van der Waals surface area contributed by atoms with E-state index in [0.717, 1.165) is 78.8 Å². The van der Waals surface area contributed by atoms with Gasteiger partial charge in [-0.25, -0.2) is 44.9 Å². The number of hydrogen-bond donors (Lipinski definition) is 4. The number of aromatic nitrogens is 12. The Balaban J connectivity index is 0.000000173. The summed E-state index contributed by atoms with van der Waals surface area (Å²) in [7, 11) is 3.82. The number of ether oxygens (including phenoxy) is 2. The second-order valence-corrected chi connectivity index (χ2v) is 34.8. The standard InChI is InChI=1S/C33H35FN4O3.C24H21F3N4O2.C22H26F2N4O2.C20H12Cl2FN3OS.2CH4/c1-22-5-9-26(10-6-22)38-27(20-32(36-38)33(2,3)4)19-28(40)11-7-23-17-25(34)8-14-31(23)41-29-12-13-30-24(18-29)21-35-37(30)15-16-39;1-3-15(12-32)28-24-29-21(16-8-7-14(25)11-13(16)2)17-9-10-20(33)31(23(17)30-24)22-18(26)5-4-6-19(22)27;1-14(2)13-28-19-11-17(22(29)25-7-8-27(3)4)21(9-15(19)12-26-28)30-20-6-5-16(23)10-18(20)24;1-11-5-7-16(14(23)9-11)28-17-8-6-15-19(20(27)24-10-26(15)25-17)18-12(21)3-2-4-13(18)22;;/h5-6,8-10,12-14,17-18,20-21,39H,7,11,15-16,19H2,1-4H3;4-11,15,32H,3,12H2,1-2H3,(H,28,29,30);5-6,9-12,14H,7-8,13H2,1-4H3,(H,25,29);2-10H,1H3;2*1H4. The molecule has 0 aliphatic rings. The number of rotatable bonds is 27. The van der Waals surface area contributed by atoms with Gasteiger partial charge in [-0.3, -0.25) is 33.1 Å². The van der Waals surface area contributed by atoms with Crippen LogP contribution in [0.4, 0.5) is 36.7 Å². The number of Topliss-reactive ketones (excluding diaryl/α,β-unsaturated/α-hetero) is 1. The molecule has 0 saturated carbocycles. The number of para-hydroxylation sites is 1. The van der Waals surface area contributed by atoms with Crippen LogP contribution in [0.3, 0.4) is 0 Å². The van der Waals surface area contributed by atoms with Crippen LogP contribution < -0.4 is 31.2 Å². The Morgan fingerprint density at radius 2 is 1.31 bits per heavy atom. The first-order chi connectivity index (χ1) is 63.1. The van der Waals surface area contributed by atoms with Gasteiger partial charge in [0.15, 0.2) is 17.2 Å². The number of carbonyl (C=O) groups excluding carboxylic acids is 2. The fourth-order valence-electron chi connectivity index (χ4n) is 14.3. The Kier molecular flexibility index (Phi) is 33.9. The highest BCUT2D eigenvalue weighted by Crippen LogP contribution is 2.39. The number of nitrogens with zero attached hydrogens (tertiary/aromatic N) is 13. The summed E-state index contributed by atoms with van der Waals surface area (Å²) in [6.45, 7) is 19.9. The highest BCUT2D eigenvalue weighted by atomic mass is 35.5. The van der Waals surface area contributed by atoms with Crippen LogP contribution in [-0.2, 0) is 36.1 Å². The van der Waals surface area contributed by atoms with Gasteiger partial charge in [0.05, 0.1) is 98.7 Å². The van der Waals surface area contributed by atoms with E-state index in [9.17, 15) is 60.1 Å². The number of aliphatic hydroxyl groups excluding tert-OH is 2. The number of amides is 1. The molecule has 7 heterocycles. The predicted molar refractivity (Wildman–Crippen MR) is 513 cm³/mol. The van der Waals surface area contributed by atoms with E-state index >= 15 is 0 Å². The lowest BCUT2D eigenvalue weighted by Gasteiger charge is -2.18. The molecule has 33 heteroatoms. The maximum Gasteiger partial charge on any atom is 0.281 e. The number of fused-ring (bicyclic) bond motifs is 4. The number of ketones is 1. The van der Waals surface area contributed by atoms with Crippen molar-refractivity contribution >= 4 is 91.0 Å². The van der Waals surface area contributed by atoms with Crippen molar-refractivity contribution in [3.8, 4) is 56.8 Å². The predicted octanol–water partition coefficient (Wildman–Crippen LogP) is 21.8. The van der Waals surface area contributed by atoms with Gasteiger partial charge in [0.2, 0.25) is 5.95 Å². The molecule has 1 atom stereocenters. The van der Waals surface area contributed by atoms with Crippen LogP contribution in [0, 0.1) is 67.4 Å². The largest absolute Gasteiger partial charge is 0.457 e. The van der Waals surface area contributed by atoms with Crippen LogP contribution in [0.2, 0.25) is 10.0 Å². The molecule has 4 N–H and O–H groups in total. The minimum absolute atomic E-state index is 0. The Labute approximate surface area is 784 Å². The Morgan fingerprint density at radius 3 is 1.97 bits per heavy atom. The highest BCUT2D eigenvalue weighted by Gasteiger charge is 2.27. The van der Waals surface area contributed by atoms with Crippen molar-refractivity contribution < 1.29 is 60.0 Å². The summed E-state index contributed by atoms with van der Waals surface area (Å²) in [6, 6.07) is 49.6. The van der Waals surface area contributed by atoms with E-state index in [4.69, 9.17) is 37.8 Å². The molecule has 16 aromatic rings. The van der Waals surface area contributed by atoms with Crippen molar-refractivity contribution in [1.82, 2.24) is 68.7 Å². The van der Waals surface area contributed by atoms with E-state index < -0.39 is 51.9 Å². The number of nitrogens with one attached hydrogen (secondary N) is 2. The topological polar surface area (TPSA) is 269 Å². The molecule has 0 spiro atoms. The number of benzene rings is 9. The number of aliphatic hydroxyl groups is 2. The van der Waals surface area contributed by atoms with Crippen LogP contribution in [-0.4, -0.2) is 132 Å². The smallest absolute Gasteiger partial charge is 0.281 e. The number of halogens is 9. The lowest BCUT2D eigenvalue weighted by Crippen LogP contribution is -2.31. The molecule has 698 valence electrons. The van der Waals surface area contributed by atoms with Crippen LogP contribution in [0.15, 0.2) is 232 Å². The first kappa shape index (κ1) is 101. The zero-order valence-electron chi connectivity index (χ0n) is 73.9. The van der Waals surface area contributed by atoms with Gasteiger partial charge in [0, 0.05) is 82.2 Å². The van der Waals surface area contributed by atoms with Gasteiger partial charge in [0.25, 0.3) is 17.0 Å². The molecule has 7 aromatic heterocycles. The zero-order valence-corrected chi connectivity index (χ0v) is 76.2. The Morgan fingerprint density at radius 1 is 0.642 bits per heavy atom. The first-order valence-corrected chi connectivity index (χ1v) is 43.8. The van der Waals surface area contributed by atoms with Crippen LogP contribution >= 0.6 is 35.0 Å². The molecule has 0 aliphatic heterocycles. The summed E-state index contributed by atoms with van der Waals surface area (Å²) >= 11 is 13.7. The first-order valence-electron chi connectivity index (χ1n) is 42.2. The van der Waals surface area contributed by atoms with Gasteiger partial charge in [0.1, 0.15) is 75.0 Å². The molecule has 23 nitrogen and oxygen atoms in total. The third kappa shape index (κ3) is 24.5. The summed E-state index contributed by atoms with van der Waals surface area (Å²) in [5.74, 6) is -3.31. The molecular formula is C101H102Cl2F7N15O8S. The average molecular weight is 1890 g/mol. The molecule has 134 heavy (non-hydrogen) atoms. The Bertz CT molecular complexity index is 7020. The maximum atomic E-state index is 14.7. The van der Waals surface area contributed by atoms with Gasteiger partial charge in [-0.1, -0.05) is 127 Å². The van der Waals surface area contributed by atoms with Gasteiger partial charge < -0.3 is 35.2 Å². The van der Waals surface area contributed by atoms with E-state index in [1.165, 1.54) is 77.2 Å². The monoisotopic (exact) mass is 1890 g/mol. The van der Waals surface area contributed by atoms with Crippen molar-refractivity contribution in [1.29, 1.82) is 0 Å². The van der Waals surface area contributed by atoms with Crippen molar-refractivity contribution in [3.63, 3.8) is 0 Å². The van der Waals surface area contributed by atoms with E-state index in [2.05, 4.69) is 75.5 Å². The zero-order chi connectivity index (χ0) is 94.5. The van der Waals surface area contributed by atoms with Gasteiger partial charge >= 0.3 is 0 Å². The molecule has 9 aromatic carbocycles. The number of anilines is 1. The fraction of sp³-hybridized carbons (Fsp3) is 0.257. The van der Waals surface area contributed by atoms with E-state index in [-0.39, 0.29) is 104 Å². The summed E-state index contributed by atoms with van der Waals surface area (Å²) in [5.41, 5.74) is 7.96. The molecule has 1 amide bonds. The van der Waals surface area contributed by atoms with Crippen LogP contribution in [0.1, 0.15) is 113 Å². The van der Waals surface area contributed by atoms with Gasteiger partial charge in [-0.15, -0.1) is 0 Å². The van der Waals surface area contributed by atoms with Crippen molar-refractivity contribution in [2.75, 3.05) is 45.7 Å². The fourth-order valence-corrected chi connectivity index (χ4v) is 15.6. The van der Waals surface area contributed by atoms with Crippen molar-refractivity contribution in [2.45, 2.75) is 137 Å². The third-order valence-corrected chi connectivity index (χ3v) is 22.7. The summed E-state index contributed by atoms with van der Waals surface area (Å²) < 4.78 is 118. The van der Waals surface area contributed by atoms with Crippen LogP contribution in [0.5, 0.6) is 23.0 Å². The third-order valence-electron chi connectivity index (χ3n) is 21.0. The molecule has 0 radical (unpaired) electrons. The number of likely N-dealkylation sites (N-methyl/N-ethyl adjacent to an activating group) is 1. The minimum atomic E-state index is -0.931. The number of pyridine rings is 1. The van der Waals surface area contributed by atoms with E-state index in [1.807, 2.05) is 104 Å². The minimum Gasteiger partial charge on any atom is -0.457 e. The lowest BCUT2D eigenvalue weighted by molar-refractivity contribution is -0.118. The molecule has 0 aliphatic carbocycles. The maximum absolute atomic E-state index is 14.7. The normalized spacial score (nSPS) is 11.5. The summed E-state index contributed by atoms with van der Waals surface area (Å²) in [5, 5.41) is 45.9. The van der Waals surface area contributed by atoms with E-state index in [0.29, 0.717) is 115 Å². The molecule has 1 unspecified atom stereocenters. The lowest BCUT2D eigenvalue weighted by atomic mass is 9.92. The number of carbonyl (C=O) groups is 2.